The van der Waals surface area contributed by atoms with Crippen molar-refractivity contribution in [2.24, 2.45) is 5.10 Å². The molecular formula is C26H24ClN5O2S2. The van der Waals surface area contributed by atoms with Crippen molar-refractivity contribution in [2.75, 3.05) is 11.1 Å². The molecular weight excluding hydrogens is 514 g/mol. The molecule has 4 aromatic rings. The molecule has 5 rings (SSSR count). The van der Waals surface area contributed by atoms with Crippen molar-refractivity contribution in [3.63, 3.8) is 0 Å². The molecule has 1 amide bonds. The monoisotopic (exact) mass is 537 g/mol. The molecule has 10 heteroatoms. The van der Waals surface area contributed by atoms with Gasteiger partial charge in [-0.05, 0) is 53.4 Å². The lowest BCUT2D eigenvalue weighted by atomic mass is 10.0. The van der Waals surface area contributed by atoms with Gasteiger partial charge in [-0.2, -0.15) is 5.10 Å². The van der Waals surface area contributed by atoms with Gasteiger partial charge in [0, 0.05) is 17.1 Å². The Morgan fingerprint density at radius 2 is 1.94 bits per heavy atom. The van der Waals surface area contributed by atoms with Crippen molar-refractivity contribution in [1.82, 2.24) is 15.2 Å². The summed E-state index contributed by atoms with van der Waals surface area (Å²) in [4.78, 5) is 13.2. The summed E-state index contributed by atoms with van der Waals surface area (Å²) in [5, 5.41) is 19.2. The van der Waals surface area contributed by atoms with Gasteiger partial charge in [0.2, 0.25) is 5.13 Å². The van der Waals surface area contributed by atoms with E-state index in [2.05, 4.69) is 46.6 Å². The Morgan fingerprint density at radius 3 is 2.64 bits per heavy atom. The van der Waals surface area contributed by atoms with E-state index < -0.39 is 0 Å². The van der Waals surface area contributed by atoms with Crippen molar-refractivity contribution in [3.05, 3.63) is 88.8 Å². The summed E-state index contributed by atoms with van der Waals surface area (Å²) in [5.41, 5.74) is 3.98. The summed E-state index contributed by atoms with van der Waals surface area (Å²) in [6, 6.07) is 19.1. The van der Waals surface area contributed by atoms with Gasteiger partial charge in [-0.1, -0.05) is 72.8 Å². The molecule has 1 N–H and O–H groups in total. The summed E-state index contributed by atoms with van der Waals surface area (Å²) in [7, 11) is 0. The van der Waals surface area contributed by atoms with Crippen LogP contribution in [0.2, 0.25) is 5.02 Å². The first-order chi connectivity index (χ1) is 17.5. The van der Waals surface area contributed by atoms with Gasteiger partial charge in [-0.15, -0.1) is 10.2 Å². The van der Waals surface area contributed by atoms with Gasteiger partial charge in [0.05, 0.1) is 17.7 Å². The summed E-state index contributed by atoms with van der Waals surface area (Å²) in [6.07, 6.45) is 2.17. The third-order valence-electron chi connectivity index (χ3n) is 5.77. The largest absolute Gasteiger partial charge is 0.467 e. The fourth-order valence-electron chi connectivity index (χ4n) is 3.84. The van der Waals surface area contributed by atoms with Gasteiger partial charge in [0.25, 0.3) is 5.91 Å². The minimum Gasteiger partial charge on any atom is -0.467 e. The van der Waals surface area contributed by atoms with Crippen LogP contribution in [0.1, 0.15) is 49.1 Å². The van der Waals surface area contributed by atoms with Crippen LogP contribution in [-0.2, 0) is 4.79 Å². The molecule has 184 valence electrons. The number of hydrogen-bond donors (Lipinski definition) is 1. The van der Waals surface area contributed by atoms with Crippen LogP contribution >= 0.6 is 34.7 Å². The quantitative estimate of drug-likeness (QED) is 0.241. The summed E-state index contributed by atoms with van der Waals surface area (Å²) < 4.78 is 6.33. The zero-order valence-electron chi connectivity index (χ0n) is 19.7. The molecule has 1 aliphatic rings. The number of nitrogens with one attached hydrogen (secondary N) is 1. The number of anilines is 2. The molecule has 7 nitrogen and oxygen atoms in total. The maximum Gasteiger partial charge on any atom is 0.253 e. The summed E-state index contributed by atoms with van der Waals surface area (Å²) in [6.45, 7) is 4.33. The van der Waals surface area contributed by atoms with Crippen LogP contribution in [0.5, 0.6) is 0 Å². The lowest BCUT2D eigenvalue weighted by Crippen LogP contribution is -2.28. The van der Waals surface area contributed by atoms with E-state index >= 15 is 0 Å². The first kappa shape index (κ1) is 24.5. The number of halogens is 1. The van der Waals surface area contributed by atoms with E-state index in [9.17, 15) is 4.79 Å². The molecule has 2 aromatic carbocycles. The second-order valence-electron chi connectivity index (χ2n) is 8.59. The second-order valence-corrected chi connectivity index (χ2v) is 11.2. The number of aromatic nitrogens is 2. The smallest absolute Gasteiger partial charge is 0.253 e. The molecule has 1 aliphatic heterocycles. The summed E-state index contributed by atoms with van der Waals surface area (Å²) in [5.74, 6) is 1.24. The van der Waals surface area contributed by atoms with E-state index in [0.717, 1.165) is 17.0 Å². The Labute approximate surface area is 222 Å². The Morgan fingerprint density at radius 1 is 1.17 bits per heavy atom. The topological polar surface area (TPSA) is 83.6 Å². The van der Waals surface area contributed by atoms with Crippen LogP contribution in [0.3, 0.4) is 0 Å². The predicted molar refractivity (Wildman–Crippen MR) is 145 cm³/mol. The van der Waals surface area contributed by atoms with Crippen LogP contribution in [0.15, 0.2) is 80.8 Å². The lowest BCUT2D eigenvalue weighted by molar-refractivity contribution is -0.130. The lowest BCUT2D eigenvalue weighted by Gasteiger charge is -2.19. The highest BCUT2D eigenvalue weighted by atomic mass is 35.5. The van der Waals surface area contributed by atoms with Crippen molar-refractivity contribution < 1.29 is 9.21 Å². The highest BCUT2D eigenvalue weighted by Gasteiger charge is 2.34. The molecule has 0 spiro atoms. The van der Waals surface area contributed by atoms with Crippen LogP contribution in [0.4, 0.5) is 10.8 Å². The molecule has 1 atom stereocenters. The third kappa shape index (κ3) is 5.64. The first-order valence-corrected chi connectivity index (χ1v) is 13.7. The fourth-order valence-corrected chi connectivity index (χ4v) is 5.59. The Kier molecular flexibility index (Phi) is 7.41. The standard InChI is InChI=1S/C26H24ClN5O2S2/c1-16(2)17-7-11-20(12-8-17)28-25-29-30-26(36-25)35-15-24(33)32-22(23-4-3-13-34-23)14-21(31-32)18-5-9-19(27)10-6-18/h3-13,16,22H,14-15H2,1-2H3,(H,28,29). The van der Waals surface area contributed by atoms with Crippen LogP contribution in [0.25, 0.3) is 0 Å². The van der Waals surface area contributed by atoms with Crippen molar-refractivity contribution in [3.8, 4) is 0 Å². The minimum absolute atomic E-state index is 0.126. The number of carbonyl (C=O) groups is 1. The number of rotatable bonds is 8. The number of furan rings is 1. The van der Waals surface area contributed by atoms with Crippen LogP contribution in [-0.4, -0.2) is 32.6 Å². The molecule has 2 aromatic heterocycles. The van der Waals surface area contributed by atoms with E-state index in [-0.39, 0.29) is 17.7 Å². The molecule has 36 heavy (non-hydrogen) atoms. The molecule has 0 saturated carbocycles. The maximum atomic E-state index is 13.2. The number of amides is 1. The van der Waals surface area contributed by atoms with Gasteiger partial charge in [-0.3, -0.25) is 4.79 Å². The minimum atomic E-state index is -0.292. The number of carbonyl (C=O) groups excluding carboxylic acids is 1. The molecule has 0 bridgehead atoms. The van der Waals surface area contributed by atoms with Crippen molar-refractivity contribution >= 4 is 57.1 Å². The van der Waals surface area contributed by atoms with Gasteiger partial charge < -0.3 is 9.73 Å². The fraction of sp³-hybridized carbons (Fsp3) is 0.231. The SMILES string of the molecule is CC(C)c1ccc(Nc2nnc(SCC(=O)N3N=C(c4ccc(Cl)cc4)CC3c3ccco3)s2)cc1. The van der Waals surface area contributed by atoms with E-state index in [1.807, 2.05) is 48.5 Å². The number of hydrogen-bond acceptors (Lipinski definition) is 8. The average molecular weight is 538 g/mol. The van der Waals surface area contributed by atoms with Crippen molar-refractivity contribution in [1.29, 1.82) is 0 Å². The zero-order chi connectivity index (χ0) is 25.1. The Hall–Kier alpha value is -3.14. The Balaban J connectivity index is 1.24. The summed E-state index contributed by atoms with van der Waals surface area (Å²) >= 11 is 8.79. The molecule has 1 unspecified atom stereocenters. The van der Waals surface area contributed by atoms with Crippen molar-refractivity contribution in [2.45, 2.75) is 36.6 Å². The van der Waals surface area contributed by atoms with Crippen LogP contribution < -0.4 is 5.32 Å². The molecule has 0 aliphatic carbocycles. The highest BCUT2D eigenvalue weighted by molar-refractivity contribution is 8.01. The van der Waals surface area contributed by atoms with E-state index in [4.69, 9.17) is 16.0 Å². The van der Waals surface area contributed by atoms with E-state index in [0.29, 0.717) is 32.6 Å². The second kappa shape index (κ2) is 10.9. The average Bonchev–Trinajstić information content (AvgIpc) is 3.64. The maximum absolute atomic E-state index is 13.2. The third-order valence-corrected chi connectivity index (χ3v) is 7.98. The van der Waals surface area contributed by atoms with E-state index in [1.165, 1.54) is 33.7 Å². The Bertz CT molecular complexity index is 1350. The molecule has 3 heterocycles. The zero-order valence-corrected chi connectivity index (χ0v) is 22.1. The molecule has 0 saturated heterocycles. The van der Waals surface area contributed by atoms with Gasteiger partial charge in [0.15, 0.2) is 4.34 Å². The van der Waals surface area contributed by atoms with Gasteiger partial charge >= 0.3 is 0 Å². The predicted octanol–water partition coefficient (Wildman–Crippen LogP) is 7.12. The number of hydrazone groups is 1. The molecule has 0 radical (unpaired) electrons. The van der Waals surface area contributed by atoms with Gasteiger partial charge in [-0.25, -0.2) is 5.01 Å². The number of benzene rings is 2. The van der Waals surface area contributed by atoms with Gasteiger partial charge in [0.1, 0.15) is 11.8 Å². The van der Waals surface area contributed by atoms with E-state index in [1.54, 1.807) is 6.26 Å². The normalized spacial score (nSPS) is 15.4. The molecule has 0 fully saturated rings. The number of thioether (sulfide) groups is 1. The first-order valence-electron chi connectivity index (χ1n) is 11.5. The number of nitrogens with zero attached hydrogens (tertiary/aromatic N) is 4. The van der Waals surface area contributed by atoms with Crippen LogP contribution in [0, 0.1) is 0 Å². The highest BCUT2D eigenvalue weighted by Crippen LogP contribution is 2.35.